The van der Waals surface area contributed by atoms with Gasteiger partial charge in [-0.15, -0.1) is 10.2 Å². The highest BCUT2D eigenvalue weighted by molar-refractivity contribution is 5.34. The standard InChI is InChI=1S/C15H21N5/c1-3-20-10-9-15(12(2)11-20,14-16-18-19-17-14)13-7-5-4-6-8-13/h4-8,12H,3,9-11H2,1-2H3,(H,16,17,18,19). The molecule has 0 spiro atoms. The molecule has 0 amide bonds. The molecule has 1 aliphatic rings. The van der Waals surface area contributed by atoms with E-state index in [4.69, 9.17) is 0 Å². The summed E-state index contributed by atoms with van der Waals surface area (Å²) in [5.41, 5.74) is 1.17. The maximum atomic E-state index is 4.32. The first-order valence-electron chi connectivity index (χ1n) is 7.29. The van der Waals surface area contributed by atoms with Gasteiger partial charge < -0.3 is 4.90 Å². The number of H-pyrrole nitrogens is 1. The molecule has 0 saturated carbocycles. The van der Waals surface area contributed by atoms with E-state index in [1.54, 1.807) is 0 Å². The van der Waals surface area contributed by atoms with E-state index in [9.17, 15) is 0 Å². The van der Waals surface area contributed by atoms with Crippen molar-refractivity contribution in [2.45, 2.75) is 25.7 Å². The number of aromatic amines is 1. The van der Waals surface area contributed by atoms with Crippen LogP contribution in [0.1, 0.15) is 31.7 Å². The average Bonchev–Trinajstić information content (AvgIpc) is 3.03. The van der Waals surface area contributed by atoms with Gasteiger partial charge in [0.1, 0.15) is 0 Å². The van der Waals surface area contributed by atoms with Crippen LogP contribution in [-0.4, -0.2) is 45.2 Å². The van der Waals surface area contributed by atoms with Crippen LogP contribution in [0, 0.1) is 5.92 Å². The second-order valence-corrected chi connectivity index (χ2v) is 5.62. The van der Waals surface area contributed by atoms with Crippen LogP contribution < -0.4 is 0 Å². The molecule has 1 N–H and O–H groups in total. The number of hydrogen-bond donors (Lipinski definition) is 1. The summed E-state index contributed by atoms with van der Waals surface area (Å²) in [5, 5.41) is 15.1. The fraction of sp³-hybridized carbons (Fsp3) is 0.533. The molecule has 1 saturated heterocycles. The van der Waals surface area contributed by atoms with Gasteiger partial charge in [-0.25, -0.2) is 0 Å². The predicted octanol–water partition coefficient (Wildman–Crippen LogP) is 1.85. The molecule has 0 radical (unpaired) electrons. The highest BCUT2D eigenvalue weighted by atomic mass is 15.5. The summed E-state index contributed by atoms with van der Waals surface area (Å²) in [7, 11) is 0. The third-order valence-electron chi connectivity index (χ3n) is 4.68. The third kappa shape index (κ3) is 2.02. The number of aromatic nitrogens is 4. The number of piperidine rings is 1. The minimum absolute atomic E-state index is 0.125. The smallest absolute Gasteiger partial charge is 0.185 e. The normalized spacial score (nSPS) is 27.6. The zero-order valence-electron chi connectivity index (χ0n) is 12.1. The summed E-state index contributed by atoms with van der Waals surface area (Å²) in [6, 6.07) is 10.6. The van der Waals surface area contributed by atoms with Crippen LogP contribution in [0.5, 0.6) is 0 Å². The Morgan fingerprint density at radius 1 is 1.35 bits per heavy atom. The number of tetrazole rings is 1. The quantitative estimate of drug-likeness (QED) is 0.925. The van der Waals surface area contributed by atoms with Crippen molar-refractivity contribution in [3.8, 4) is 0 Å². The molecule has 106 valence electrons. The monoisotopic (exact) mass is 271 g/mol. The lowest BCUT2D eigenvalue weighted by Gasteiger charge is -2.45. The van der Waals surface area contributed by atoms with Gasteiger partial charge in [-0.3, -0.25) is 0 Å². The molecular formula is C15H21N5. The highest BCUT2D eigenvalue weighted by Crippen LogP contribution is 2.43. The second-order valence-electron chi connectivity index (χ2n) is 5.62. The van der Waals surface area contributed by atoms with E-state index in [0.717, 1.165) is 31.9 Å². The predicted molar refractivity (Wildman–Crippen MR) is 77.3 cm³/mol. The maximum absolute atomic E-state index is 4.32. The first-order chi connectivity index (χ1) is 9.77. The van der Waals surface area contributed by atoms with Crippen molar-refractivity contribution in [3.63, 3.8) is 0 Å². The molecule has 0 aliphatic carbocycles. The Bertz CT molecular complexity index is 539. The van der Waals surface area contributed by atoms with Gasteiger partial charge in [0.15, 0.2) is 5.82 Å². The molecular weight excluding hydrogens is 250 g/mol. The number of likely N-dealkylation sites (tertiary alicyclic amines) is 1. The van der Waals surface area contributed by atoms with Crippen molar-refractivity contribution in [2.24, 2.45) is 5.92 Å². The minimum atomic E-state index is -0.125. The van der Waals surface area contributed by atoms with Crippen LogP contribution >= 0.6 is 0 Å². The Hall–Kier alpha value is -1.75. The second kappa shape index (κ2) is 5.32. The van der Waals surface area contributed by atoms with Gasteiger partial charge in [0.05, 0.1) is 5.41 Å². The molecule has 0 bridgehead atoms. The van der Waals surface area contributed by atoms with Crippen LogP contribution in [0.25, 0.3) is 0 Å². The van der Waals surface area contributed by atoms with Gasteiger partial charge in [-0.1, -0.05) is 49.4 Å². The SMILES string of the molecule is CCN1CCC(c2ccccc2)(c2nn[nH]n2)C(C)C1. The Labute approximate surface area is 119 Å². The van der Waals surface area contributed by atoms with E-state index < -0.39 is 0 Å². The molecule has 2 aromatic rings. The molecule has 1 fully saturated rings. The van der Waals surface area contributed by atoms with E-state index in [1.165, 1.54) is 5.56 Å². The fourth-order valence-corrected chi connectivity index (χ4v) is 3.48. The zero-order chi connectivity index (χ0) is 14.0. The van der Waals surface area contributed by atoms with Gasteiger partial charge in [0.2, 0.25) is 0 Å². The summed E-state index contributed by atoms with van der Waals surface area (Å²) in [6.45, 7) is 7.76. The summed E-state index contributed by atoms with van der Waals surface area (Å²) in [6.07, 6.45) is 1.03. The van der Waals surface area contributed by atoms with E-state index >= 15 is 0 Å². The van der Waals surface area contributed by atoms with Gasteiger partial charge in [0.25, 0.3) is 0 Å². The fourth-order valence-electron chi connectivity index (χ4n) is 3.48. The Kier molecular flexibility index (Phi) is 3.53. The molecule has 1 aliphatic heterocycles. The lowest BCUT2D eigenvalue weighted by molar-refractivity contribution is 0.123. The summed E-state index contributed by atoms with van der Waals surface area (Å²) in [5.74, 6) is 1.28. The van der Waals surface area contributed by atoms with Crippen LogP contribution in [0.3, 0.4) is 0 Å². The van der Waals surface area contributed by atoms with Gasteiger partial charge in [0, 0.05) is 6.54 Å². The molecule has 5 nitrogen and oxygen atoms in total. The highest BCUT2D eigenvalue weighted by Gasteiger charge is 2.46. The average molecular weight is 271 g/mol. The van der Waals surface area contributed by atoms with Crippen LogP contribution in [0.2, 0.25) is 0 Å². The van der Waals surface area contributed by atoms with Crippen molar-refractivity contribution in [3.05, 3.63) is 41.7 Å². The topological polar surface area (TPSA) is 57.7 Å². The molecule has 5 heteroatoms. The van der Waals surface area contributed by atoms with Gasteiger partial charge in [-0.05, 0) is 31.0 Å². The number of nitrogens with zero attached hydrogens (tertiary/aromatic N) is 4. The number of hydrogen-bond acceptors (Lipinski definition) is 4. The molecule has 3 rings (SSSR count). The largest absolute Gasteiger partial charge is 0.303 e. The van der Waals surface area contributed by atoms with Gasteiger partial charge in [-0.2, -0.15) is 5.21 Å². The first kappa shape index (κ1) is 13.2. The third-order valence-corrected chi connectivity index (χ3v) is 4.68. The number of rotatable bonds is 3. The Morgan fingerprint density at radius 3 is 2.75 bits per heavy atom. The van der Waals surface area contributed by atoms with E-state index in [1.807, 2.05) is 0 Å². The Balaban J connectivity index is 2.06. The summed E-state index contributed by atoms with van der Waals surface area (Å²) >= 11 is 0. The molecule has 1 aromatic carbocycles. The maximum Gasteiger partial charge on any atom is 0.185 e. The zero-order valence-corrected chi connectivity index (χ0v) is 12.1. The van der Waals surface area contributed by atoms with E-state index in [-0.39, 0.29) is 5.41 Å². The molecule has 2 unspecified atom stereocenters. The van der Waals surface area contributed by atoms with Crippen LogP contribution in [-0.2, 0) is 5.41 Å². The van der Waals surface area contributed by atoms with Crippen LogP contribution in [0.4, 0.5) is 0 Å². The van der Waals surface area contributed by atoms with Crippen molar-refractivity contribution in [1.29, 1.82) is 0 Å². The van der Waals surface area contributed by atoms with Crippen LogP contribution in [0.15, 0.2) is 30.3 Å². The summed E-state index contributed by atoms with van der Waals surface area (Å²) < 4.78 is 0. The lowest BCUT2D eigenvalue weighted by atomic mass is 9.66. The van der Waals surface area contributed by atoms with E-state index in [0.29, 0.717) is 5.92 Å². The number of benzene rings is 1. The van der Waals surface area contributed by atoms with Crippen molar-refractivity contribution in [2.75, 3.05) is 19.6 Å². The minimum Gasteiger partial charge on any atom is -0.303 e. The van der Waals surface area contributed by atoms with Crippen molar-refractivity contribution in [1.82, 2.24) is 25.5 Å². The molecule has 2 heterocycles. The first-order valence-corrected chi connectivity index (χ1v) is 7.29. The molecule has 2 atom stereocenters. The van der Waals surface area contributed by atoms with Crippen molar-refractivity contribution < 1.29 is 0 Å². The Morgan fingerprint density at radius 2 is 2.15 bits per heavy atom. The van der Waals surface area contributed by atoms with Gasteiger partial charge >= 0.3 is 0 Å². The molecule has 20 heavy (non-hydrogen) atoms. The summed E-state index contributed by atoms with van der Waals surface area (Å²) in [4.78, 5) is 2.49. The van der Waals surface area contributed by atoms with Crippen molar-refractivity contribution >= 4 is 0 Å². The number of nitrogens with one attached hydrogen (secondary N) is 1. The molecule has 1 aromatic heterocycles. The lowest BCUT2D eigenvalue weighted by Crippen LogP contribution is -2.50. The van der Waals surface area contributed by atoms with E-state index in [2.05, 4.69) is 69.7 Å².